The lowest BCUT2D eigenvalue weighted by molar-refractivity contribution is 0.693. The highest BCUT2D eigenvalue weighted by Crippen LogP contribution is 2.08. The SMILES string of the molecule is CN/C(=C(/C)C=N)C(C)C. The van der Waals surface area contributed by atoms with Crippen molar-refractivity contribution in [3.8, 4) is 0 Å². The molecule has 0 aliphatic carbocycles. The zero-order valence-corrected chi connectivity index (χ0v) is 7.15. The summed E-state index contributed by atoms with van der Waals surface area (Å²) in [7, 11) is 1.89. The Bertz CT molecular complexity index is 145. The lowest BCUT2D eigenvalue weighted by Gasteiger charge is -2.12. The maximum atomic E-state index is 7.01. The summed E-state index contributed by atoms with van der Waals surface area (Å²) < 4.78 is 0. The summed E-state index contributed by atoms with van der Waals surface area (Å²) in [5, 5.41) is 10.1. The van der Waals surface area contributed by atoms with Crippen LogP contribution in [0.5, 0.6) is 0 Å². The van der Waals surface area contributed by atoms with Crippen molar-refractivity contribution in [2.45, 2.75) is 20.8 Å². The molecule has 2 nitrogen and oxygen atoms in total. The molecule has 0 saturated heterocycles. The van der Waals surface area contributed by atoms with Crippen LogP contribution in [0.1, 0.15) is 20.8 Å². The fourth-order valence-corrected chi connectivity index (χ4v) is 1.02. The first-order valence-corrected chi connectivity index (χ1v) is 3.52. The Hall–Kier alpha value is -0.790. The Labute approximate surface area is 62.8 Å². The summed E-state index contributed by atoms with van der Waals surface area (Å²) in [5.41, 5.74) is 2.16. The molecule has 0 aromatic carbocycles. The van der Waals surface area contributed by atoms with E-state index in [2.05, 4.69) is 19.2 Å². The number of allylic oxidation sites excluding steroid dienone is 2. The minimum Gasteiger partial charge on any atom is -0.391 e. The molecule has 0 aliphatic rings. The second-order valence-corrected chi connectivity index (χ2v) is 2.65. The van der Waals surface area contributed by atoms with E-state index in [1.165, 1.54) is 6.21 Å². The second-order valence-electron chi connectivity index (χ2n) is 2.65. The van der Waals surface area contributed by atoms with Gasteiger partial charge in [0.15, 0.2) is 0 Å². The molecule has 0 spiro atoms. The van der Waals surface area contributed by atoms with Crippen LogP contribution in [-0.4, -0.2) is 13.3 Å². The highest BCUT2D eigenvalue weighted by Gasteiger charge is 2.02. The zero-order chi connectivity index (χ0) is 8.15. The molecule has 0 fully saturated rings. The first-order valence-electron chi connectivity index (χ1n) is 3.52. The summed E-state index contributed by atoms with van der Waals surface area (Å²) >= 11 is 0. The average molecular weight is 140 g/mol. The van der Waals surface area contributed by atoms with Crippen LogP contribution in [0.3, 0.4) is 0 Å². The van der Waals surface area contributed by atoms with E-state index in [0.717, 1.165) is 11.3 Å². The molecule has 0 aromatic heterocycles. The molecule has 0 aliphatic heterocycles. The Morgan fingerprint density at radius 3 is 2.10 bits per heavy atom. The van der Waals surface area contributed by atoms with Crippen molar-refractivity contribution in [3.63, 3.8) is 0 Å². The largest absolute Gasteiger partial charge is 0.391 e. The van der Waals surface area contributed by atoms with Crippen LogP contribution in [0, 0.1) is 11.3 Å². The summed E-state index contributed by atoms with van der Waals surface area (Å²) in [6.07, 6.45) is 1.38. The smallest absolute Gasteiger partial charge is 0.0224 e. The Balaban J connectivity index is 4.45. The van der Waals surface area contributed by atoms with Crippen LogP contribution in [0.4, 0.5) is 0 Å². The van der Waals surface area contributed by atoms with E-state index in [0.29, 0.717) is 5.92 Å². The highest BCUT2D eigenvalue weighted by atomic mass is 14.8. The molecule has 0 unspecified atom stereocenters. The van der Waals surface area contributed by atoms with E-state index in [1.54, 1.807) is 0 Å². The van der Waals surface area contributed by atoms with Gasteiger partial charge in [-0.05, 0) is 18.4 Å². The second kappa shape index (κ2) is 4.09. The lowest BCUT2D eigenvalue weighted by Crippen LogP contribution is -2.14. The van der Waals surface area contributed by atoms with Gasteiger partial charge >= 0.3 is 0 Å². The van der Waals surface area contributed by atoms with Crippen LogP contribution in [0.2, 0.25) is 0 Å². The van der Waals surface area contributed by atoms with Crippen molar-refractivity contribution in [3.05, 3.63) is 11.3 Å². The predicted molar refractivity (Wildman–Crippen MR) is 45.4 cm³/mol. The van der Waals surface area contributed by atoms with Gasteiger partial charge in [0.2, 0.25) is 0 Å². The number of hydrogen-bond acceptors (Lipinski definition) is 2. The lowest BCUT2D eigenvalue weighted by atomic mass is 10.1. The van der Waals surface area contributed by atoms with Gasteiger partial charge in [0, 0.05) is 19.0 Å². The van der Waals surface area contributed by atoms with Gasteiger partial charge in [-0.25, -0.2) is 0 Å². The molecule has 0 amide bonds. The van der Waals surface area contributed by atoms with Gasteiger partial charge < -0.3 is 10.7 Å². The first kappa shape index (κ1) is 9.21. The van der Waals surface area contributed by atoms with Gasteiger partial charge in [-0.2, -0.15) is 0 Å². The standard InChI is InChI=1S/C8H16N2/c1-6(2)8(10-4)7(3)5-9/h5-6,9-10H,1-4H3/b8-7-,9-5?. The molecule has 0 bridgehead atoms. The van der Waals surface area contributed by atoms with Gasteiger partial charge in [-0.3, -0.25) is 0 Å². The molecule has 0 aromatic rings. The zero-order valence-electron chi connectivity index (χ0n) is 7.15. The van der Waals surface area contributed by atoms with Crippen LogP contribution >= 0.6 is 0 Å². The van der Waals surface area contributed by atoms with Crippen molar-refractivity contribution in [1.82, 2.24) is 5.32 Å². The number of rotatable bonds is 3. The molecular formula is C8H16N2. The molecule has 0 heterocycles. The molecule has 0 radical (unpaired) electrons. The third-order valence-corrected chi connectivity index (χ3v) is 1.49. The first-order chi connectivity index (χ1) is 4.63. The normalized spacial score (nSPS) is 12.9. The van der Waals surface area contributed by atoms with Crippen LogP contribution in [-0.2, 0) is 0 Å². The van der Waals surface area contributed by atoms with Crippen molar-refractivity contribution in [2.75, 3.05) is 7.05 Å². The van der Waals surface area contributed by atoms with E-state index in [9.17, 15) is 0 Å². The monoisotopic (exact) mass is 140 g/mol. The van der Waals surface area contributed by atoms with Crippen LogP contribution in [0.25, 0.3) is 0 Å². The molecular weight excluding hydrogens is 124 g/mol. The van der Waals surface area contributed by atoms with Crippen LogP contribution < -0.4 is 5.32 Å². The minimum absolute atomic E-state index is 0.478. The summed E-state index contributed by atoms with van der Waals surface area (Å²) in [6, 6.07) is 0. The van der Waals surface area contributed by atoms with E-state index in [-0.39, 0.29) is 0 Å². The third kappa shape index (κ3) is 2.21. The van der Waals surface area contributed by atoms with E-state index in [1.807, 2.05) is 14.0 Å². The fourth-order valence-electron chi connectivity index (χ4n) is 1.02. The molecule has 2 heteroatoms. The third-order valence-electron chi connectivity index (χ3n) is 1.49. The minimum atomic E-state index is 0.478. The summed E-state index contributed by atoms with van der Waals surface area (Å²) in [4.78, 5) is 0. The summed E-state index contributed by atoms with van der Waals surface area (Å²) in [5.74, 6) is 0.478. The Kier molecular flexibility index (Phi) is 3.77. The fraction of sp³-hybridized carbons (Fsp3) is 0.625. The maximum absolute atomic E-state index is 7.01. The van der Waals surface area contributed by atoms with Gasteiger partial charge in [0.25, 0.3) is 0 Å². The number of hydrogen-bond donors (Lipinski definition) is 2. The molecule has 58 valence electrons. The molecule has 0 saturated carbocycles. The van der Waals surface area contributed by atoms with E-state index in [4.69, 9.17) is 5.41 Å². The summed E-state index contributed by atoms with van der Waals surface area (Å²) in [6.45, 7) is 6.16. The Morgan fingerprint density at radius 2 is 2.00 bits per heavy atom. The van der Waals surface area contributed by atoms with Gasteiger partial charge in [-0.1, -0.05) is 13.8 Å². The van der Waals surface area contributed by atoms with Gasteiger partial charge in [-0.15, -0.1) is 0 Å². The van der Waals surface area contributed by atoms with Crippen molar-refractivity contribution < 1.29 is 0 Å². The molecule has 0 atom stereocenters. The number of nitrogens with one attached hydrogen (secondary N) is 2. The van der Waals surface area contributed by atoms with E-state index >= 15 is 0 Å². The van der Waals surface area contributed by atoms with Gasteiger partial charge in [0.1, 0.15) is 0 Å². The average Bonchev–Trinajstić information content (AvgIpc) is 1.88. The van der Waals surface area contributed by atoms with Crippen molar-refractivity contribution >= 4 is 6.21 Å². The maximum Gasteiger partial charge on any atom is 0.0224 e. The topological polar surface area (TPSA) is 35.9 Å². The molecule has 0 rings (SSSR count). The predicted octanol–water partition coefficient (Wildman–Crippen LogP) is 1.79. The van der Waals surface area contributed by atoms with Gasteiger partial charge in [0.05, 0.1) is 0 Å². The van der Waals surface area contributed by atoms with Crippen molar-refractivity contribution in [1.29, 1.82) is 5.41 Å². The highest BCUT2D eigenvalue weighted by molar-refractivity contribution is 5.75. The Morgan fingerprint density at radius 1 is 1.50 bits per heavy atom. The van der Waals surface area contributed by atoms with Crippen LogP contribution in [0.15, 0.2) is 11.3 Å². The molecule has 10 heavy (non-hydrogen) atoms. The quantitative estimate of drug-likeness (QED) is 0.576. The molecule has 2 N–H and O–H groups in total. The van der Waals surface area contributed by atoms with Crippen molar-refractivity contribution in [2.24, 2.45) is 5.92 Å². The van der Waals surface area contributed by atoms with E-state index < -0.39 is 0 Å².